The molecule has 0 saturated heterocycles. The Labute approximate surface area is 141 Å². The van der Waals surface area contributed by atoms with E-state index in [1.807, 2.05) is 24.3 Å². The van der Waals surface area contributed by atoms with Crippen LogP contribution in [0.3, 0.4) is 0 Å². The third-order valence-corrected chi connectivity index (χ3v) is 5.41. The van der Waals surface area contributed by atoms with Crippen molar-refractivity contribution in [2.75, 3.05) is 21.3 Å². The van der Waals surface area contributed by atoms with Gasteiger partial charge in [-0.05, 0) is 66.4 Å². The first-order valence-corrected chi connectivity index (χ1v) is 8.05. The lowest BCUT2D eigenvalue weighted by Gasteiger charge is -2.46. The molecule has 5 nitrogen and oxygen atoms in total. The Balaban J connectivity index is 1.85. The van der Waals surface area contributed by atoms with Crippen LogP contribution in [0.25, 0.3) is 0 Å². The van der Waals surface area contributed by atoms with Gasteiger partial charge in [-0.15, -0.1) is 0 Å². The van der Waals surface area contributed by atoms with Gasteiger partial charge < -0.3 is 19.7 Å². The maximum atomic E-state index is 10.2. The van der Waals surface area contributed by atoms with E-state index in [1.54, 1.807) is 14.2 Å². The van der Waals surface area contributed by atoms with Crippen molar-refractivity contribution >= 4 is 0 Å². The number of fused-ring (bicyclic) bond motifs is 6. The first-order chi connectivity index (χ1) is 11.5. The molecule has 0 amide bonds. The topological polar surface area (TPSA) is 62.2 Å². The maximum Gasteiger partial charge on any atom is 0.160 e. The van der Waals surface area contributed by atoms with Crippen molar-refractivity contribution in [1.29, 1.82) is 0 Å². The molecule has 0 fully saturated rings. The van der Waals surface area contributed by atoms with Gasteiger partial charge in [0.25, 0.3) is 0 Å². The third kappa shape index (κ3) is 2.04. The smallest absolute Gasteiger partial charge is 0.160 e. The molecule has 2 N–H and O–H groups in total. The van der Waals surface area contributed by atoms with E-state index in [4.69, 9.17) is 9.47 Å². The maximum absolute atomic E-state index is 10.2. The summed E-state index contributed by atoms with van der Waals surface area (Å²) >= 11 is 0. The Morgan fingerprint density at radius 2 is 1.33 bits per heavy atom. The molecule has 126 valence electrons. The van der Waals surface area contributed by atoms with E-state index < -0.39 is 0 Å². The van der Waals surface area contributed by atoms with Crippen LogP contribution in [0.4, 0.5) is 0 Å². The molecule has 5 heteroatoms. The van der Waals surface area contributed by atoms with E-state index in [0.29, 0.717) is 11.5 Å². The predicted octanol–water partition coefficient (Wildman–Crippen LogP) is 2.94. The predicted molar refractivity (Wildman–Crippen MR) is 90.0 cm³/mol. The SMILES string of the molecule is COc1cc2c(cc1O)C1Cc3cc(O)c(OC)cc3[C@H](C2)N1C. The number of nitrogens with zero attached hydrogens (tertiary/aromatic N) is 1. The monoisotopic (exact) mass is 327 g/mol. The van der Waals surface area contributed by atoms with Crippen molar-refractivity contribution in [3.63, 3.8) is 0 Å². The van der Waals surface area contributed by atoms with Crippen LogP contribution in [0.5, 0.6) is 23.0 Å². The van der Waals surface area contributed by atoms with Gasteiger partial charge in [-0.2, -0.15) is 0 Å². The highest BCUT2D eigenvalue weighted by Gasteiger charge is 2.39. The van der Waals surface area contributed by atoms with E-state index in [-0.39, 0.29) is 23.6 Å². The molecule has 0 radical (unpaired) electrons. The number of benzene rings is 2. The van der Waals surface area contributed by atoms with Gasteiger partial charge in [-0.3, -0.25) is 4.90 Å². The molecule has 2 aliphatic heterocycles. The Hall–Kier alpha value is -2.40. The summed E-state index contributed by atoms with van der Waals surface area (Å²) in [6.45, 7) is 0. The van der Waals surface area contributed by atoms with Crippen molar-refractivity contribution in [1.82, 2.24) is 4.90 Å². The first kappa shape index (κ1) is 15.1. The number of rotatable bonds is 2. The molecule has 2 atom stereocenters. The zero-order chi connectivity index (χ0) is 17.0. The minimum absolute atomic E-state index is 0.173. The summed E-state index contributed by atoms with van der Waals surface area (Å²) in [6.07, 6.45) is 1.62. The highest BCUT2D eigenvalue weighted by atomic mass is 16.5. The average molecular weight is 327 g/mol. The second kappa shape index (κ2) is 5.31. The fourth-order valence-electron chi connectivity index (χ4n) is 4.14. The van der Waals surface area contributed by atoms with Gasteiger partial charge in [0.05, 0.1) is 14.2 Å². The lowest BCUT2D eigenvalue weighted by Crippen LogP contribution is -2.40. The summed E-state index contributed by atoms with van der Waals surface area (Å²) in [5.41, 5.74) is 4.67. The molecule has 2 bridgehead atoms. The van der Waals surface area contributed by atoms with Gasteiger partial charge in [0.2, 0.25) is 0 Å². The molecule has 2 heterocycles. The van der Waals surface area contributed by atoms with Crippen LogP contribution in [0.15, 0.2) is 24.3 Å². The number of aromatic hydroxyl groups is 2. The van der Waals surface area contributed by atoms with Gasteiger partial charge in [-0.1, -0.05) is 0 Å². The van der Waals surface area contributed by atoms with Crippen LogP contribution >= 0.6 is 0 Å². The van der Waals surface area contributed by atoms with Gasteiger partial charge in [0.1, 0.15) is 0 Å². The normalized spacial score (nSPS) is 21.8. The standard InChI is InChI=1S/C19H21NO4/c1-20-14-4-10-6-16(21)19(24-3)9-13(10)15(20)5-11-7-18(23-2)17(22)8-12(11)14/h6-9,14-15,21-22H,4-5H2,1-3H3/t14?,15-/m0/s1. The molecule has 2 aliphatic rings. The highest BCUT2D eigenvalue weighted by molar-refractivity contribution is 5.54. The van der Waals surface area contributed by atoms with Gasteiger partial charge in [-0.25, -0.2) is 0 Å². The van der Waals surface area contributed by atoms with Crippen molar-refractivity contribution < 1.29 is 19.7 Å². The van der Waals surface area contributed by atoms with Crippen molar-refractivity contribution in [2.24, 2.45) is 0 Å². The molecule has 2 aromatic rings. The summed E-state index contributed by atoms with van der Waals surface area (Å²) in [6, 6.07) is 7.92. The number of hydrogen-bond donors (Lipinski definition) is 2. The molecule has 1 unspecified atom stereocenters. The Morgan fingerprint density at radius 3 is 1.96 bits per heavy atom. The zero-order valence-electron chi connectivity index (χ0n) is 14.0. The van der Waals surface area contributed by atoms with Crippen molar-refractivity contribution in [3.05, 3.63) is 46.5 Å². The Morgan fingerprint density at radius 1 is 0.833 bits per heavy atom. The minimum Gasteiger partial charge on any atom is -0.504 e. The van der Waals surface area contributed by atoms with Gasteiger partial charge in [0.15, 0.2) is 23.0 Å². The molecule has 2 aromatic carbocycles. The van der Waals surface area contributed by atoms with E-state index in [2.05, 4.69) is 11.9 Å². The van der Waals surface area contributed by atoms with Gasteiger partial charge in [0, 0.05) is 12.1 Å². The quantitative estimate of drug-likeness (QED) is 0.888. The van der Waals surface area contributed by atoms with Crippen molar-refractivity contribution in [2.45, 2.75) is 24.9 Å². The first-order valence-electron chi connectivity index (χ1n) is 8.05. The fourth-order valence-corrected chi connectivity index (χ4v) is 4.14. The van der Waals surface area contributed by atoms with E-state index in [1.165, 1.54) is 11.1 Å². The number of methoxy groups -OCH3 is 2. The summed E-state index contributed by atoms with van der Waals surface area (Å²) in [5, 5.41) is 20.3. The summed E-state index contributed by atoms with van der Waals surface area (Å²) in [5.74, 6) is 1.37. The summed E-state index contributed by atoms with van der Waals surface area (Å²) < 4.78 is 10.5. The largest absolute Gasteiger partial charge is 0.504 e. The van der Waals surface area contributed by atoms with E-state index in [0.717, 1.165) is 24.0 Å². The van der Waals surface area contributed by atoms with E-state index >= 15 is 0 Å². The number of phenolic OH excluding ortho intramolecular Hbond substituents is 2. The molecular formula is C19H21NO4. The molecule has 0 saturated carbocycles. The second-order valence-electron chi connectivity index (χ2n) is 6.55. The van der Waals surface area contributed by atoms with Crippen LogP contribution in [0, 0.1) is 0 Å². The zero-order valence-corrected chi connectivity index (χ0v) is 14.0. The van der Waals surface area contributed by atoms with Crippen LogP contribution < -0.4 is 9.47 Å². The molecule has 0 aliphatic carbocycles. The average Bonchev–Trinajstić information content (AvgIpc) is 2.56. The van der Waals surface area contributed by atoms with Gasteiger partial charge >= 0.3 is 0 Å². The Kier molecular flexibility index (Phi) is 3.35. The third-order valence-electron chi connectivity index (χ3n) is 5.41. The van der Waals surface area contributed by atoms with Crippen LogP contribution in [-0.2, 0) is 12.8 Å². The van der Waals surface area contributed by atoms with E-state index in [9.17, 15) is 10.2 Å². The second-order valence-corrected chi connectivity index (χ2v) is 6.55. The minimum atomic E-state index is 0.173. The molecular weight excluding hydrogens is 306 g/mol. The molecule has 0 aromatic heterocycles. The molecule has 24 heavy (non-hydrogen) atoms. The Bertz CT molecular complexity index is 817. The van der Waals surface area contributed by atoms with Crippen LogP contribution in [-0.4, -0.2) is 36.4 Å². The number of ether oxygens (including phenoxy) is 2. The lowest BCUT2D eigenvalue weighted by atomic mass is 9.76. The number of phenols is 2. The summed E-state index contributed by atoms with van der Waals surface area (Å²) in [4.78, 5) is 2.34. The highest BCUT2D eigenvalue weighted by Crippen LogP contribution is 2.50. The van der Waals surface area contributed by atoms with Crippen LogP contribution in [0.2, 0.25) is 0 Å². The summed E-state index contributed by atoms with van der Waals surface area (Å²) in [7, 11) is 5.25. The molecule has 4 rings (SSSR count). The van der Waals surface area contributed by atoms with Crippen molar-refractivity contribution in [3.8, 4) is 23.0 Å². The number of hydrogen-bond acceptors (Lipinski definition) is 5. The lowest BCUT2D eigenvalue weighted by molar-refractivity contribution is 0.137. The molecule has 0 spiro atoms. The van der Waals surface area contributed by atoms with Crippen LogP contribution in [0.1, 0.15) is 34.3 Å². The fraction of sp³-hybridized carbons (Fsp3) is 0.368. The number of likely N-dealkylation sites (N-methyl/N-ethyl adjacent to an activating group) is 1.